The van der Waals surface area contributed by atoms with E-state index in [9.17, 15) is 21.6 Å². The summed E-state index contributed by atoms with van der Waals surface area (Å²) < 4.78 is 59.4. The van der Waals surface area contributed by atoms with Crippen molar-refractivity contribution in [1.29, 1.82) is 0 Å². The SMILES string of the molecule is NC(=O)C1CCCN(CCCNS(=O)(=O)c2ccc(S(=O)(=O)N3CCOCC3)cc2)C1. The Morgan fingerprint density at radius 3 is 2.35 bits per heavy atom. The summed E-state index contributed by atoms with van der Waals surface area (Å²) in [5.74, 6) is -0.429. The van der Waals surface area contributed by atoms with Gasteiger partial charge in [-0.1, -0.05) is 0 Å². The van der Waals surface area contributed by atoms with Crippen molar-refractivity contribution in [1.82, 2.24) is 13.9 Å². The van der Waals surface area contributed by atoms with Crippen LogP contribution in [0.4, 0.5) is 0 Å². The predicted octanol–water partition coefficient (Wildman–Crippen LogP) is -0.427. The zero-order valence-corrected chi connectivity index (χ0v) is 19.0. The van der Waals surface area contributed by atoms with Gasteiger partial charge in [0.2, 0.25) is 26.0 Å². The molecule has 0 bridgehead atoms. The Morgan fingerprint density at radius 2 is 1.71 bits per heavy atom. The second-order valence-corrected chi connectivity index (χ2v) is 11.5. The highest BCUT2D eigenvalue weighted by molar-refractivity contribution is 7.89. The van der Waals surface area contributed by atoms with E-state index in [0.717, 1.165) is 19.4 Å². The van der Waals surface area contributed by atoms with E-state index in [1.54, 1.807) is 0 Å². The number of morpholine rings is 1. The first-order valence-corrected chi connectivity index (χ1v) is 13.3. The van der Waals surface area contributed by atoms with E-state index in [4.69, 9.17) is 10.5 Å². The van der Waals surface area contributed by atoms with Crippen LogP contribution in [0.15, 0.2) is 34.1 Å². The smallest absolute Gasteiger partial charge is 0.243 e. The Hall–Kier alpha value is -1.57. The van der Waals surface area contributed by atoms with Gasteiger partial charge in [-0.3, -0.25) is 4.79 Å². The third-order valence-electron chi connectivity index (χ3n) is 5.59. The first-order valence-electron chi connectivity index (χ1n) is 10.4. The van der Waals surface area contributed by atoms with Gasteiger partial charge in [0, 0.05) is 26.2 Å². The zero-order chi connectivity index (χ0) is 22.5. The lowest BCUT2D eigenvalue weighted by atomic mass is 9.97. The molecule has 2 fully saturated rings. The number of ether oxygens (including phenoxy) is 1. The predicted molar refractivity (Wildman–Crippen MR) is 114 cm³/mol. The molecule has 31 heavy (non-hydrogen) atoms. The Balaban J connectivity index is 1.52. The molecule has 174 valence electrons. The fourth-order valence-corrected chi connectivity index (χ4v) is 6.29. The van der Waals surface area contributed by atoms with Crippen LogP contribution >= 0.6 is 0 Å². The number of rotatable bonds is 9. The first-order chi connectivity index (χ1) is 14.7. The Kier molecular flexibility index (Phi) is 8.05. The van der Waals surface area contributed by atoms with Crippen LogP contribution in [0.3, 0.4) is 0 Å². The van der Waals surface area contributed by atoms with Crippen LogP contribution in [0.25, 0.3) is 0 Å². The molecule has 0 aromatic heterocycles. The third-order valence-corrected chi connectivity index (χ3v) is 8.98. The van der Waals surface area contributed by atoms with Gasteiger partial charge in [0.25, 0.3) is 0 Å². The van der Waals surface area contributed by atoms with E-state index in [2.05, 4.69) is 9.62 Å². The van der Waals surface area contributed by atoms with E-state index in [1.165, 1.54) is 28.6 Å². The van der Waals surface area contributed by atoms with Gasteiger partial charge in [0.1, 0.15) is 0 Å². The lowest BCUT2D eigenvalue weighted by molar-refractivity contribution is -0.123. The number of carbonyl (C=O) groups excluding carboxylic acids is 1. The van der Waals surface area contributed by atoms with Gasteiger partial charge in [-0.25, -0.2) is 21.6 Å². The number of hydrogen-bond acceptors (Lipinski definition) is 7. The molecule has 2 aliphatic heterocycles. The summed E-state index contributed by atoms with van der Waals surface area (Å²) in [7, 11) is -7.41. The summed E-state index contributed by atoms with van der Waals surface area (Å²) in [6.45, 7) is 3.64. The van der Waals surface area contributed by atoms with Crippen LogP contribution < -0.4 is 10.5 Å². The van der Waals surface area contributed by atoms with Crippen molar-refractivity contribution >= 4 is 26.0 Å². The molecular weight excluding hydrogens is 444 g/mol. The summed E-state index contributed by atoms with van der Waals surface area (Å²) in [6.07, 6.45) is 2.29. The molecule has 1 unspecified atom stereocenters. The van der Waals surface area contributed by atoms with Crippen molar-refractivity contribution in [3.05, 3.63) is 24.3 Å². The van der Waals surface area contributed by atoms with E-state index >= 15 is 0 Å². The third kappa shape index (κ3) is 6.24. The number of nitrogens with zero attached hydrogens (tertiary/aromatic N) is 2. The molecule has 10 nitrogen and oxygen atoms in total. The molecule has 1 aromatic carbocycles. The number of nitrogens with two attached hydrogens (primary N) is 1. The number of primary amides is 1. The highest BCUT2D eigenvalue weighted by Gasteiger charge is 2.27. The second-order valence-electron chi connectivity index (χ2n) is 7.78. The average molecular weight is 475 g/mol. The molecule has 1 amide bonds. The van der Waals surface area contributed by atoms with Crippen molar-refractivity contribution in [3.8, 4) is 0 Å². The average Bonchev–Trinajstić information content (AvgIpc) is 2.77. The molecule has 0 radical (unpaired) electrons. The van der Waals surface area contributed by atoms with Crippen LogP contribution in [0, 0.1) is 5.92 Å². The minimum Gasteiger partial charge on any atom is -0.379 e. The van der Waals surface area contributed by atoms with E-state index in [0.29, 0.717) is 32.7 Å². The second kappa shape index (κ2) is 10.4. The lowest BCUT2D eigenvalue weighted by Crippen LogP contribution is -2.42. The monoisotopic (exact) mass is 474 g/mol. The Bertz CT molecular complexity index is 960. The minimum atomic E-state index is -3.75. The molecule has 0 aliphatic carbocycles. The summed E-state index contributed by atoms with van der Waals surface area (Å²) in [6, 6.07) is 5.24. The minimum absolute atomic E-state index is 0.0141. The van der Waals surface area contributed by atoms with Crippen LogP contribution in [0.1, 0.15) is 19.3 Å². The highest BCUT2D eigenvalue weighted by Crippen LogP contribution is 2.20. The van der Waals surface area contributed by atoms with Crippen molar-refractivity contribution in [3.63, 3.8) is 0 Å². The van der Waals surface area contributed by atoms with Gasteiger partial charge >= 0.3 is 0 Å². The van der Waals surface area contributed by atoms with Crippen molar-refractivity contribution in [2.24, 2.45) is 11.7 Å². The lowest BCUT2D eigenvalue weighted by Gasteiger charge is -2.31. The van der Waals surface area contributed by atoms with Crippen molar-refractivity contribution in [2.75, 3.05) is 52.5 Å². The maximum Gasteiger partial charge on any atom is 0.243 e. The van der Waals surface area contributed by atoms with Crippen LogP contribution in [-0.4, -0.2) is 84.4 Å². The van der Waals surface area contributed by atoms with E-state index in [1.807, 2.05) is 0 Å². The molecule has 1 atom stereocenters. The number of likely N-dealkylation sites (tertiary alicyclic amines) is 1. The summed E-state index contributed by atoms with van der Waals surface area (Å²) in [5.41, 5.74) is 5.38. The van der Waals surface area contributed by atoms with E-state index in [-0.39, 0.29) is 41.3 Å². The van der Waals surface area contributed by atoms with Crippen molar-refractivity contribution in [2.45, 2.75) is 29.1 Å². The van der Waals surface area contributed by atoms with Crippen LogP contribution in [0.5, 0.6) is 0 Å². The van der Waals surface area contributed by atoms with Gasteiger partial charge in [-0.2, -0.15) is 4.31 Å². The Morgan fingerprint density at radius 1 is 1.06 bits per heavy atom. The molecule has 1 aromatic rings. The zero-order valence-electron chi connectivity index (χ0n) is 17.4. The normalized spacial score (nSPS) is 21.7. The molecule has 3 N–H and O–H groups in total. The van der Waals surface area contributed by atoms with Gasteiger partial charge in [0.15, 0.2) is 0 Å². The molecule has 2 saturated heterocycles. The molecule has 2 heterocycles. The van der Waals surface area contributed by atoms with Gasteiger partial charge < -0.3 is 15.4 Å². The summed E-state index contributed by atoms with van der Waals surface area (Å²) in [5, 5.41) is 0. The van der Waals surface area contributed by atoms with E-state index < -0.39 is 20.0 Å². The standard InChI is InChI=1S/C19H30N4O6S2/c20-19(24)16-3-1-9-22(15-16)10-2-8-21-30(25,26)17-4-6-18(7-5-17)31(27,28)23-11-13-29-14-12-23/h4-7,16,21H,1-3,8-15H2,(H2,20,24). The number of nitrogens with one attached hydrogen (secondary N) is 1. The number of piperidine rings is 1. The summed E-state index contributed by atoms with van der Waals surface area (Å²) in [4.78, 5) is 13.5. The number of carbonyl (C=O) groups is 1. The van der Waals surface area contributed by atoms with Crippen LogP contribution in [-0.2, 0) is 29.6 Å². The number of amides is 1. The first kappa shape index (κ1) is 24.1. The highest BCUT2D eigenvalue weighted by atomic mass is 32.2. The molecule has 3 rings (SSSR count). The summed E-state index contributed by atoms with van der Waals surface area (Å²) >= 11 is 0. The fraction of sp³-hybridized carbons (Fsp3) is 0.632. The number of benzene rings is 1. The van der Waals surface area contributed by atoms with Crippen molar-refractivity contribution < 1.29 is 26.4 Å². The van der Waals surface area contributed by atoms with Gasteiger partial charge in [0.05, 0.1) is 28.9 Å². The molecule has 0 saturated carbocycles. The maximum atomic E-state index is 12.6. The van der Waals surface area contributed by atoms with Gasteiger partial charge in [-0.15, -0.1) is 0 Å². The molecule has 0 spiro atoms. The largest absolute Gasteiger partial charge is 0.379 e. The quantitative estimate of drug-likeness (QED) is 0.463. The molecule has 2 aliphatic rings. The topological polar surface area (TPSA) is 139 Å². The molecule has 12 heteroatoms. The Labute approximate surface area is 183 Å². The fourth-order valence-electron chi connectivity index (χ4n) is 3.81. The van der Waals surface area contributed by atoms with Gasteiger partial charge in [-0.05, 0) is 56.6 Å². The van der Waals surface area contributed by atoms with Crippen LogP contribution in [0.2, 0.25) is 0 Å². The number of sulfonamides is 2. The number of hydrogen-bond donors (Lipinski definition) is 2. The maximum absolute atomic E-state index is 12.6. The molecular formula is C19H30N4O6S2.